The number of aliphatic hydroxyl groups excluding tert-OH is 1. The number of unbranched alkanes of at least 4 members (excludes halogenated alkanes) is 23. The van der Waals surface area contributed by atoms with Crippen LogP contribution in [0, 0.1) is 0 Å². The lowest BCUT2D eigenvalue weighted by Gasteiger charge is -2.26. The summed E-state index contributed by atoms with van der Waals surface area (Å²) in [5.74, 6) is -0.148. The molecule has 3 atom stereocenters. The fourth-order valence-corrected chi connectivity index (χ4v) is 7.71. The van der Waals surface area contributed by atoms with Crippen molar-refractivity contribution in [3.05, 3.63) is 48.6 Å². The molecule has 0 aromatic carbocycles. The van der Waals surface area contributed by atoms with E-state index in [1.807, 2.05) is 21.1 Å². The normalized spacial score (nSPS) is 14.6. The van der Waals surface area contributed by atoms with E-state index in [1.165, 1.54) is 122 Å². The quantitative estimate of drug-likeness (QED) is 0.0244. The second-order valence-electron chi connectivity index (χ2n) is 17.8. The molecule has 9 heteroatoms. The minimum absolute atomic E-state index is 0.0738. The Balaban J connectivity index is 4.10. The Hall–Kier alpha value is -1.54. The van der Waals surface area contributed by atoms with Crippen LogP contribution >= 0.6 is 7.82 Å². The first-order valence-corrected chi connectivity index (χ1v) is 26.0. The van der Waals surface area contributed by atoms with Gasteiger partial charge in [-0.1, -0.05) is 204 Å². The van der Waals surface area contributed by atoms with Crippen LogP contribution in [0.25, 0.3) is 0 Å². The van der Waals surface area contributed by atoms with E-state index < -0.39 is 20.0 Å². The third kappa shape index (κ3) is 44.3. The predicted octanol–water partition coefficient (Wildman–Crippen LogP) is 14.0. The van der Waals surface area contributed by atoms with Crippen LogP contribution in [0.15, 0.2) is 48.6 Å². The molecule has 3 N–H and O–H groups in total. The molecule has 59 heavy (non-hydrogen) atoms. The van der Waals surface area contributed by atoms with E-state index in [0.29, 0.717) is 23.9 Å². The summed E-state index contributed by atoms with van der Waals surface area (Å²) in [5, 5.41) is 13.9. The van der Waals surface area contributed by atoms with Gasteiger partial charge in [-0.05, 0) is 51.4 Å². The lowest BCUT2D eigenvalue weighted by molar-refractivity contribution is -0.870. The number of aliphatic hydroxyl groups is 1. The summed E-state index contributed by atoms with van der Waals surface area (Å²) in [6, 6.07) is -0.759. The van der Waals surface area contributed by atoms with Gasteiger partial charge in [-0.2, -0.15) is 0 Å². The third-order valence-electron chi connectivity index (χ3n) is 10.8. The molecule has 0 aromatic rings. The van der Waals surface area contributed by atoms with Crippen molar-refractivity contribution in [2.45, 2.75) is 225 Å². The first-order valence-electron chi connectivity index (χ1n) is 24.5. The molecule has 8 nitrogen and oxygen atoms in total. The lowest BCUT2D eigenvalue weighted by atomic mass is 10.0. The maximum atomic E-state index is 12.9. The Bertz CT molecular complexity index is 1100. The second kappa shape index (κ2) is 41.8. The number of likely N-dealkylation sites (N-methyl/N-ethyl adjacent to an activating group) is 1. The SMILES string of the molecule is CC/C=C\C/C=C\C/C=C\C/C=C\CCCCCCCCCCCCCCCCC(=O)NC(COP(=O)(O)OCC[N+](C)(C)C)C(O)CCCCCCCCCCCC. The van der Waals surface area contributed by atoms with Gasteiger partial charge in [-0.15, -0.1) is 0 Å². The molecule has 3 unspecified atom stereocenters. The second-order valence-corrected chi connectivity index (χ2v) is 19.3. The van der Waals surface area contributed by atoms with Crippen molar-refractivity contribution in [3.63, 3.8) is 0 Å². The van der Waals surface area contributed by atoms with Gasteiger partial charge in [-0.3, -0.25) is 13.8 Å². The molecule has 0 radical (unpaired) electrons. The fraction of sp³-hybridized carbons (Fsp3) is 0.820. The van der Waals surface area contributed by atoms with Gasteiger partial charge >= 0.3 is 7.82 Å². The predicted molar refractivity (Wildman–Crippen MR) is 254 cm³/mol. The molecule has 0 heterocycles. The minimum atomic E-state index is -4.31. The number of rotatable bonds is 44. The summed E-state index contributed by atoms with van der Waals surface area (Å²) < 4.78 is 23.6. The van der Waals surface area contributed by atoms with Gasteiger partial charge in [0.1, 0.15) is 13.2 Å². The number of phosphoric ester groups is 1. The number of amides is 1. The summed E-state index contributed by atoms with van der Waals surface area (Å²) in [4.78, 5) is 23.2. The first-order chi connectivity index (χ1) is 28.5. The lowest BCUT2D eigenvalue weighted by Crippen LogP contribution is -2.46. The van der Waals surface area contributed by atoms with Crippen molar-refractivity contribution >= 4 is 13.7 Å². The zero-order chi connectivity index (χ0) is 43.6. The summed E-state index contributed by atoms with van der Waals surface area (Å²) in [7, 11) is 1.61. The van der Waals surface area contributed by atoms with Gasteiger partial charge in [-0.25, -0.2) is 4.57 Å². The van der Waals surface area contributed by atoms with Crippen LogP contribution in [-0.2, 0) is 18.4 Å². The minimum Gasteiger partial charge on any atom is -0.391 e. The Morgan fingerprint density at radius 3 is 1.49 bits per heavy atom. The highest BCUT2D eigenvalue weighted by molar-refractivity contribution is 7.47. The van der Waals surface area contributed by atoms with Gasteiger partial charge in [0.25, 0.3) is 0 Å². The molecule has 0 aliphatic rings. The van der Waals surface area contributed by atoms with Crippen LogP contribution in [0.1, 0.15) is 213 Å². The molecule has 0 aromatic heterocycles. The van der Waals surface area contributed by atoms with E-state index in [2.05, 4.69) is 67.8 Å². The number of allylic oxidation sites excluding steroid dienone is 8. The van der Waals surface area contributed by atoms with Crippen LogP contribution in [0.2, 0.25) is 0 Å². The molecule has 0 saturated heterocycles. The number of nitrogens with one attached hydrogen (secondary N) is 1. The summed E-state index contributed by atoms with van der Waals surface area (Å²) in [5.41, 5.74) is 0. The number of hydrogen-bond donors (Lipinski definition) is 3. The van der Waals surface area contributed by atoms with E-state index in [-0.39, 0.29) is 19.1 Å². The highest BCUT2D eigenvalue weighted by Gasteiger charge is 2.28. The van der Waals surface area contributed by atoms with Gasteiger partial charge in [0.2, 0.25) is 5.91 Å². The highest BCUT2D eigenvalue weighted by Crippen LogP contribution is 2.43. The standard InChI is InChI=1S/C50H95N2O6P/c1-6-8-10-12-14-16-18-19-20-21-22-23-24-25-26-27-28-29-30-31-32-33-34-36-38-40-42-44-50(54)51-48(47-58-59(55,56)57-46-45-52(3,4)5)49(53)43-41-39-37-35-17-15-13-11-9-7-2/h8,10,14,16,19-20,22-23,48-49,53H,6-7,9,11-13,15,17-18,21,24-47H2,1-5H3,(H-,51,54,55,56)/p+1/b10-8-,16-14-,20-19-,23-22-. The largest absolute Gasteiger partial charge is 0.472 e. The molecule has 0 fully saturated rings. The van der Waals surface area contributed by atoms with Crippen molar-refractivity contribution < 1.29 is 32.9 Å². The maximum absolute atomic E-state index is 12.9. The number of carbonyl (C=O) groups excluding carboxylic acids is 1. The Labute approximate surface area is 365 Å². The Kier molecular flexibility index (Phi) is 40.7. The molecule has 346 valence electrons. The molecular formula is C50H96N2O6P+. The number of hydrogen-bond acceptors (Lipinski definition) is 5. The first kappa shape index (κ1) is 57.5. The van der Waals surface area contributed by atoms with Crippen LogP contribution in [0.3, 0.4) is 0 Å². The number of quaternary nitrogens is 1. The third-order valence-corrected chi connectivity index (χ3v) is 11.8. The van der Waals surface area contributed by atoms with Crippen molar-refractivity contribution in [3.8, 4) is 0 Å². The van der Waals surface area contributed by atoms with E-state index in [1.54, 1.807) is 0 Å². The number of carbonyl (C=O) groups is 1. The number of nitrogens with zero attached hydrogens (tertiary/aromatic N) is 1. The fourth-order valence-electron chi connectivity index (χ4n) is 6.98. The van der Waals surface area contributed by atoms with Gasteiger partial charge in [0.05, 0.1) is 39.9 Å². The molecule has 1 amide bonds. The van der Waals surface area contributed by atoms with E-state index in [0.717, 1.165) is 64.2 Å². The van der Waals surface area contributed by atoms with Crippen molar-refractivity contribution in [1.82, 2.24) is 5.32 Å². The van der Waals surface area contributed by atoms with Gasteiger partial charge in [0.15, 0.2) is 0 Å². The smallest absolute Gasteiger partial charge is 0.391 e. The maximum Gasteiger partial charge on any atom is 0.472 e. The number of phosphoric acid groups is 1. The van der Waals surface area contributed by atoms with E-state index in [4.69, 9.17) is 9.05 Å². The molecule has 0 aliphatic heterocycles. The van der Waals surface area contributed by atoms with Crippen molar-refractivity contribution in [2.75, 3.05) is 40.9 Å². The Morgan fingerprint density at radius 2 is 1.02 bits per heavy atom. The van der Waals surface area contributed by atoms with Crippen LogP contribution in [-0.4, -0.2) is 73.4 Å². The molecule has 0 saturated carbocycles. The van der Waals surface area contributed by atoms with Crippen molar-refractivity contribution in [2.24, 2.45) is 0 Å². The van der Waals surface area contributed by atoms with E-state index in [9.17, 15) is 19.4 Å². The monoisotopic (exact) mass is 852 g/mol. The van der Waals surface area contributed by atoms with E-state index >= 15 is 0 Å². The van der Waals surface area contributed by atoms with Gasteiger partial charge in [0, 0.05) is 6.42 Å². The van der Waals surface area contributed by atoms with Crippen LogP contribution in [0.5, 0.6) is 0 Å². The Morgan fingerprint density at radius 1 is 0.593 bits per heavy atom. The topological polar surface area (TPSA) is 105 Å². The summed E-state index contributed by atoms with van der Waals surface area (Å²) in [6.45, 7) is 4.76. The molecular weight excluding hydrogens is 756 g/mol. The zero-order valence-electron chi connectivity index (χ0n) is 39.2. The average molecular weight is 852 g/mol. The molecule has 0 spiro atoms. The highest BCUT2D eigenvalue weighted by atomic mass is 31.2. The summed E-state index contributed by atoms with van der Waals surface area (Å²) >= 11 is 0. The molecule has 0 bridgehead atoms. The van der Waals surface area contributed by atoms with Crippen LogP contribution < -0.4 is 5.32 Å². The summed E-state index contributed by atoms with van der Waals surface area (Å²) in [6.07, 6.45) is 53.0. The van der Waals surface area contributed by atoms with Crippen LogP contribution in [0.4, 0.5) is 0 Å². The van der Waals surface area contributed by atoms with Gasteiger partial charge < -0.3 is 19.8 Å². The average Bonchev–Trinajstić information content (AvgIpc) is 3.19. The van der Waals surface area contributed by atoms with Crippen molar-refractivity contribution in [1.29, 1.82) is 0 Å². The molecule has 0 rings (SSSR count). The molecule has 0 aliphatic carbocycles. The zero-order valence-corrected chi connectivity index (χ0v) is 40.1.